The average Bonchev–Trinajstić information content (AvgIpc) is 3.41. The first-order chi connectivity index (χ1) is 12.0. The summed E-state index contributed by atoms with van der Waals surface area (Å²) in [5.41, 5.74) is 1.92. The number of rotatable bonds is 4. The molecule has 0 unspecified atom stereocenters. The third-order valence-corrected chi connectivity index (χ3v) is 8.84. The molecule has 0 bridgehead atoms. The van der Waals surface area contributed by atoms with Gasteiger partial charge in [-0.25, -0.2) is 0 Å². The Hall–Kier alpha value is -0.120. The van der Waals surface area contributed by atoms with Crippen molar-refractivity contribution >= 4 is 0 Å². The summed E-state index contributed by atoms with van der Waals surface area (Å²) in [7, 11) is 2.27. The maximum absolute atomic E-state index is 2.83. The van der Waals surface area contributed by atoms with Crippen LogP contribution in [0.5, 0.6) is 0 Å². The molecule has 0 N–H and O–H groups in total. The molecule has 1 spiro atoms. The van der Waals surface area contributed by atoms with Crippen LogP contribution in [0.3, 0.4) is 0 Å². The highest BCUT2D eigenvalue weighted by Gasteiger charge is 2.47. The minimum Gasteiger partial charge on any atom is -0.304 e. The van der Waals surface area contributed by atoms with Crippen molar-refractivity contribution in [3.05, 3.63) is 0 Å². The average molecular weight is 348 g/mol. The highest BCUT2D eigenvalue weighted by molar-refractivity contribution is 5.01. The predicted molar refractivity (Wildman–Crippen MR) is 106 cm³/mol. The second-order valence-electron chi connectivity index (χ2n) is 10.4. The number of likely N-dealkylation sites (tertiary alicyclic amines) is 1. The van der Waals surface area contributed by atoms with Crippen LogP contribution in [0, 0.1) is 10.8 Å². The van der Waals surface area contributed by atoms with E-state index in [4.69, 9.17) is 0 Å². The molecule has 25 heavy (non-hydrogen) atoms. The maximum Gasteiger partial charge on any atom is 0.0182 e. The summed E-state index contributed by atoms with van der Waals surface area (Å²) in [6.45, 7) is 14.2. The van der Waals surface area contributed by atoms with Crippen molar-refractivity contribution in [1.82, 2.24) is 14.7 Å². The summed E-state index contributed by atoms with van der Waals surface area (Å²) >= 11 is 0. The molecule has 3 heteroatoms. The van der Waals surface area contributed by atoms with E-state index in [1.165, 1.54) is 104 Å². The van der Waals surface area contributed by atoms with Crippen molar-refractivity contribution in [1.29, 1.82) is 0 Å². The minimum atomic E-state index is 0.490. The lowest BCUT2D eigenvalue weighted by Crippen LogP contribution is -2.57. The maximum atomic E-state index is 2.83. The molecule has 0 aromatic carbocycles. The lowest BCUT2D eigenvalue weighted by atomic mass is 9.63. The van der Waals surface area contributed by atoms with Gasteiger partial charge in [0.1, 0.15) is 0 Å². The number of likely N-dealkylation sites (N-methyl/N-ethyl adjacent to an activating group) is 1. The fourth-order valence-electron chi connectivity index (χ4n) is 5.94. The van der Waals surface area contributed by atoms with E-state index in [0.29, 0.717) is 11.0 Å². The molecule has 0 aromatic rings. The van der Waals surface area contributed by atoms with E-state index in [1.54, 1.807) is 0 Å². The summed E-state index contributed by atoms with van der Waals surface area (Å²) in [6.07, 6.45) is 13.2. The monoisotopic (exact) mass is 347 g/mol. The Morgan fingerprint density at radius 3 is 1.84 bits per heavy atom. The van der Waals surface area contributed by atoms with Crippen LogP contribution in [0.15, 0.2) is 0 Å². The number of hydrogen-bond donors (Lipinski definition) is 0. The molecule has 0 radical (unpaired) electrons. The minimum absolute atomic E-state index is 0.490. The summed E-state index contributed by atoms with van der Waals surface area (Å²) in [5, 5.41) is 0. The second-order valence-corrected chi connectivity index (χ2v) is 10.4. The molecule has 2 aliphatic carbocycles. The Morgan fingerprint density at radius 2 is 1.32 bits per heavy atom. The van der Waals surface area contributed by atoms with Crippen molar-refractivity contribution in [2.24, 2.45) is 10.8 Å². The van der Waals surface area contributed by atoms with Gasteiger partial charge >= 0.3 is 0 Å². The topological polar surface area (TPSA) is 9.72 Å². The normalized spacial score (nSPS) is 32.8. The van der Waals surface area contributed by atoms with E-state index in [2.05, 4.69) is 35.6 Å². The molecule has 3 nitrogen and oxygen atoms in total. The first-order valence-electron chi connectivity index (χ1n) is 11.1. The van der Waals surface area contributed by atoms with E-state index < -0.39 is 0 Å². The van der Waals surface area contributed by atoms with Crippen LogP contribution in [0.1, 0.15) is 71.6 Å². The van der Waals surface area contributed by atoms with Crippen molar-refractivity contribution < 1.29 is 0 Å². The standard InChI is InChI=1S/C22H41N3/c1-4-21(9-10-21)19-24-13-11-22(12-14-24)7-5-20(2,6-8-22)25-17-15-23(3)16-18-25/h4-19H2,1-3H3. The SMILES string of the molecule is CCC1(CN2CCC3(CC2)CCC(C)(N2CCN(C)CC2)CC3)CC1. The Morgan fingerprint density at radius 1 is 0.720 bits per heavy atom. The summed E-state index contributed by atoms with van der Waals surface area (Å²) in [6, 6.07) is 0. The van der Waals surface area contributed by atoms with Gasteiger partial charge in [0.2, 0.25) is 0 Å². The van der Waals surface area contributed by atoms with E-state index in [1.807, 2.05) is 0 Å². The van der Waals surface area contributed by atoms with Gasteiger partial charge in [-0.1, -0.05) is 6.92 Å². The molecule has 2 heterocycles. The zero-order valence-corrected chi connectivity index (χ0v) is 17.2. The highest BCUT2D eigenvalue weighted by atomic mass is 15.3. The van der Waals surface area contributed by atoms with Crippen LogP contribution in [0.2, 0.25) is 0 Å². The van der Waals surface area contributed by atoms with Crippen molar-refractivity contribution in [3.63, 3.8) is 0 Å². The van der Waals surface area contributed by atoms with Crippen molar-refractivity contribution in [3.8, 4) is 0 Å². The molecule has 2 saturated heterocycles. The van der Waals surface area contributed by atoms with Gasteiger partial charge in [-0.3, -0.25) is 4.90 Å². The Balaban J connectivity index is 1.27. The third-order valence-electron chi connectivity index (χ3n) is 8.84. The fraction of sp³-hybridized carbons (Fsp3) is 1.00. The summed E-state index contributed by atoms with van der Waals surface area (Å²) in [4.78, 5) is 8.13. The Bertz CT molecular complexity index is 444. The van der Waals surface area contributed by atoms with Crippen LogP contribution in [-0.4, -0.2) is 73.1 Å². The first kappa shape index (κ1) is 18.3. The van der Waals surface area contributed by atoms with E-state index in [-0.39, 0.29) is 0 Å². The molecule has 0 aromatic heterocycles. The molecule has 2 aliphatic heterocycles. The van der Waals surface area contributed by atoms with Crippen LogP contribution in [-0.2, 0) is 0 Å². The van der Waals surface area contributed by atoms with Crippen molar-refractivity contribution in [2.75, 3.05) is 52.9 Å². The lowest BCUT2D eigenvalue weighted by molar-refractivity contribution is -0.0278. The van der Waals surface area contributed by atoms with Crippen LogP contribution < -0.4 is 0 Å². The molecule has 144 valence electrons. The third kappa shape index (κ3) is 3.80. The molecule has 2 saturated carbocycles. The van der Waals surface area contributed by atoms with E-state index >= 15 is 0 Å². The fourth-order valence-corrected chi connectivity index (χ4v) is 5.94. The van der Waals surface area contributed by atoms with Gasteiger partial charge in [-0.2, -0.15) is 0 Å². The van der Waals surface area contributed by atoms with Gasteiger partial charge in [0.15, 0.2) is 0 Å². The predicted octanol–water partition coefficient (Wildman–Crippen LogP) is 3.84. The zero-order valence-electron chi connectivity index (χ0n) is 17.2. The van der Waals surface area contributed by atoms with Gasteiger partial charge in [0.05, 0.1) is 0 Å². The summed E-state index contributed by atoms with van der Waals surface area (Å²) in [5.74, 6) is 0. The van der Waals surface area contributed by atoms with Crippen molar-refractivity contribution in [2.45, 2.75) is 77.2 Å². The van der Waals surface area contributed by atoms with Gasteiger partial charge < -0.3 is 9.80 Å². The highest BCUT2D eigenvalue weighted by Crippen LogP contribution is 2.52. The quantitative estimate of drug-likeness (QED) is 0.765. The van der Waals surface area contributed by atoms with Crippen LogP contribution in [0.4, 0.5) is 0 Å². The smallest absolute Gasteiger partial charge is 0.0182 e. The zero-order chi connectivity index (χ0) is 17.5. The van der Waals surface area contributed by atoms with Crippen LogP contribution >= 0.6 is 0 Å². The molecule has 0 atom stereocenters. The van der Waals surface area contributed by atoms with Gasteiger partial charge in [-0.05, 0) is 95.7 Å². The number of piperazine rings is 1. The van der Waals surface area contributed by atoms with Gasteiger partial charge in [0.25, 0.3) is 0 Å². The van der Waals surface area contributed by atoms with Gasteiger partial charge in [-0.15, -0.1) is 0 Å². The largest absolute Gasteiger partial charge is 0.304 e. The Kier molecular flexibility index (Phi) is 4.96. The van der Waals surface area contributed by atoms with E-state index in [9.17, 15) is 0 Å². The molecular formula is C22H41N3. The number of hydrogen-bond acceptors (Lipinski definition) is 3. The molecule has 4 rings (SSSR count). The first-order valence-corrected chi connectivity index (χ1v) is 11.1. The van der Waals surface area contributed by atoms with Gasteiger partial charge in [0, 0.05) is 38.3 Å². The number of piperidine rings is 1. The van der Waals surface area contributed by atoms with E-state index in [0.717, 1.165) is 5.41 Å². The molecule has 0 amide bonds. The van der Waals surface area contributed by atoms with Crippen LogP contribution in [0.25, 0.3) is 0 Å². The second kappa shape index (κ2) is 6.80. The molecule has 4 aliphatic rings. The lowest BCUT2D eigenvalue weighted by Gasteiger charge is -2.54. The molecule has 4 fully saturated rings. The summed E-state index contributed by atoms with van der Waals surface area (Å²) < 4.78 is 0. The number of nitrogens with zero attached hydrogens (tertiary/aromatic N) is 3. The Labute approximate surface area is 156 Å². The molecular weight excluding hydrogens is 306 g/mol.